The number of hydrogen-bond acceptors (Lipinski definition) is 6. The highest BCUT2D eigenvalue weighted by Crippen LogP contribution is 2.02. The van der Waals surface area contributed by atoms with Crippen molar-refractivity contribution in [2.45, 2.75) is 52.9 Å². The van der Waals surface area contributed by atoms with Crippen LogP contribution in [0.15, 0.2) is 0 Å². The van der Waals surface area contributed by atoms with Crippen LogP contribution in [0, 0.1) is 0 Å². The fourth-order valence-corrected chi connectivity index (χ4v) is 1.28. The number of hydrogen-bond donors (Lipinski definition) is 1. The number of esters is 2. The fraction of sp³-hybridized carbons (Fsp3) is 0.786. The maximum absolute atomic E-state index is 11.1. The molecular formula is C14H26O6. The summed E-state index contributed by atoms with van der Waals surface area (Å²) in [7, 11) is 0. The van der Waals surface area contributed by atoms with E-state index in [9.17, 15) is 14.4 Å². The van der Waals surface area contributed by atoms with E-state index in [0.29, 0.717) is 26.1 Å². The van der Waals surface area contributed by atoms with Gasteiger partial charge in [0, 0.05) is 20.0 Å². The third-order valence-corrected chi connectivity index (χ3v) is 2.11. The SMILES string of the molecule is CCOC(=O)CC(=O)CCCCCO.CCOC(C)=O. The Morgan fingerprint density at radius 3 is 1.95 bits per heavy atom. The van der Waals surface area contributed by atoms with E-state index >= 15 is 0 Å². The monoisotopic (exact) mass is 290 g/mol. The molecule has 1 N–H and O–H groups in total. The normalized spacial score (nSPS) is 9.20. The molecule has 6 nitrogen and oxygen atoms in total. The molecule has 0 radical (unpaired) electrons. The van der Waals surface area contributed by atoms with E-state index < -0.39 is 5.97 Å². The van der Waals surface area contributed by atoms with E-state index in [4.69, 9.17) is 5.11 Å². The number of aliphatic hydroxyl groups is 1. The number of Topliss-reactive ketones (excluding diaryl/α,β-unsaturated/α-hetero) is 1. The minimum atomic E-state index is -0.445. The van der Waals surface area contributed by atoms with E-state index in [1.54, 1.807) is 13.8 Å². The molecule has 20 heavy (non-hydrogen) atoms. The second-order valence-corrected chi connectivity index (χ2v) is 3.98. The summed E-state index contributed by atoms with van der Waals surface area (Å²) in [5, 5.41) is 8.49. The van der Waals surface area contributed by atoms with Gasteiger partial charge in [-0.2, -0.15) is 0 Å². The Kier molecular flexibility index (Phi) is 16.3. The van der Waals surface area contributed by atoms with Crippen molar-refractivity contribution < 1.29 is 29.0 Å². The highest BCUT2D eigenvalue weighted by molar-refractivity contribution is 5.95. The largest absolute Gasteiger partial charge is 0.466 e. The summed E-state index contributed by atoms with van der Waals surface area (Å²) in [6.07, 6.45) is 2.56. The van der Waals surface area contributed by atoms with Crippen LogP contribution in [-0.2, 0) is 23.9 Å². The van der Waals surface area contributed by atoms with Crippen LogP contribution in [-0.4, -0.2) is 42.6 Å². The zero-order valence-corrected chi connectivity index (χ0v) is 12.6. The molecule has 0 spiro atoms. The Bertz CT molecular complexity index is 275. The van der Waals surface area contributed by atoms with Gasteiger partial charge in [0.15, 0.2) is 0 Å². The molecule has 0 saturated carbocycles. The number of carbonyl (C=O) groups excluding carboxylic acids is 3. The van der Waals surface area contributed by atoms with Gasteiger partial charge in [0.25, 0.3) is 0 Å². The lowest BCUT2D eigenvalue weighted by Gasteiger charge is -2.01. The van der Waals surface area contributed by atoms with Gasteiger partial charge in [0.2, 0.25) is 0 Å². The second-order valence-electron chi connectivity index (χ2n) is 3.98. The highest BCUT2D eigenvalue weighted by atomic mass is 16.5. The van der Waals surface area contributed by atoms with Crippen LogP contribution in [0.1, 0.15) is 52.9 Å². The standard InChI is InChI=1S/C10H18O4.C4H8O2/c1-2-14-10(13)8-9(12)6-4-3-5-7-11;1-3-6-4(2)5/h11H,2-8H2,1H3;3H2,1-2H3. The third-order valence-electron chi connectivity index (χ3n) is 2.11. The summed E-state index contributed by atoms with van der Waals surface area (Å²) < 4.78 is 9.04. The van der Waals surface area contributed by atoms with Crippen LogP contribution in [0.3, 0.4) is 0 Å². The molecule has 0 atom stereocenters. The Morgan fingerprint density at radius 2 is 1.55 bits per heavy atom. The van der Waals surface area contributed by atoms with E-state index in [1.807, 2.05) is 0 Å². The molecule has 0 aliphatic carbocycles. The van der Waals surface area contributed by atoms with Crippen molar-refractivity contribution in [2.24, 2.45) is 0 Å². The first kappa shape index (κ1) is 20.9. The summed E-state index contributed by atoms with van der Waals surface area (Å²) in [6, 6.07) is 0. The average molecular weight is 290 g/mol. The lowest BCUT2D eigenvalue weighted by molar-refractivity contribution is -0.145. The van der Waals surface area contributed by atoms with Crippen LogP contribution in [0.2, 0.25) is 0 Å². The molecular weight excluding hydrogens is 264 g/mol. The molecule has 0 aromatic heterocycles. The van der Waals surface area contributed by atoms with Crippen molar-refractivity contribution in [3.8, 4) is 0 Å². The van der Waals surface area contributed by atoms with Crippen LogP contribution in [0.5, 0.6) is 0 Å². The van der Waals surface area contributed by atoms with Crippen molar-refractivity contribution >= 4 is 17.7 Å². The molecule has 0 bridgehead atoms. The van der Waals surface area contributed by atoms with Gasteiger partial charge >= 0.3 is 11.9 Å². The molecule has 0 rings (SSSR count). The van der Waals surface area contributed by atoms with Crippen molar-refractivity contribution in [3.63, 3.8) is 0 Å². The quantitative estimate of drug-likeness (QED) is 0.394. The predicted octanol–water partition coefficient (Wildman–Crippen LogP) is 1.63. The minimum absolute atomic E-state index is 0.0820. The van der Waals surface area contributed by atoms with Crippen LogP contribution in [0.25, 0.3) is 0 Å². The Labute approximate surface area is 120 Å². The zero-order valence-electron chi connectivity index (χ0n) is 12.6. The van der Waals surface area contributed by atoms with Crippen molar-refractivity contribution in [3.05, 3.63) is 0 Å². The number of ether oxygens (including phenoxy) is 2. The molecule has 0 fully saturated rings. The lowest BCUT2D eigenvalue weighted by Crippen LogP contribution is -2.10. The molecule has 0 amide bonds. The molecule has 6 heteroatoms. The molecule has 0 aromatic carbocycles. The van der Waals surface area contributed by atoms with E-state index in [-0.39, 0.29) is 24.8 Å². The van der Waals surface area contributed by atoms with Gasteiger partial charge in [-0.05, 0) is 26.7 Å². The number of ketones is 1. The van der Waals surface area contributed by atoms with E-state index in [0.717, 1.165) is 12.8 Å². The van der Waals surface area contributed by atoms with Crippen LogP contribution >= 0.6 is 0 Å². The lowest BCUT2D eigenvalue weighted by atomic mass is 10.1. The van der Waals surface area contributed by atoms with Gasteiger partial charge in [-0.1, -0.05) is 6.42 Å². The molecule has 0 unspecified atom stereocenters. The topological polar surface area (TPSA) is 89.9 Å². The van der Waals surface area contributed by atoms with Gasteiger partial charge in [-0.3, -0.25) is 14.4 Å². The van der Waals surface area contributed by atoms with Crippen molar-refractivity contribution in [1.29, 1.82) is 0 Å². The predicted molar refractivity (Wildman–Crippen MR) is 74.1 cm³/mol. The second kappa shape index (κ2) is 15.6. The number of aliphatic hydroxyl groups excluding tert-OH is 1. The summed E-state index contributed by atoms with van der Waals surface area (Å²) in [4.78, 5) is 31.8. The van der Waals surface area contributed by atoms with Crippen LogP contribution in [0.4, 0.5) is 0 Å². The van der Waals surface area contributed by atoms with Crippen molar-refractivity contribution in [2.75, 3.05) is 19.8 Å². The van der Waals surface area contributed by atoms with Gasteiger partial charge in [-0.25, -0.2) is 0 Å². The van der Waals surface area contributed by atoms with Crippen molar-refractivity contribution in [1.82, 2.24) is 0 Å². The zero-order chi connectivity index (χ0) is 15.8. The molecule has 118 valence electrons. The summed E-state index contributed by atoms with van der Waals surface area (Å²) in [5.41, 5.74) is 0. The maximum Gasteiger partial charge on any atom is 0.313 e. The highest BCUT2D eigenvalue weighted by Gasteiger charge is 2.09. The fourth-order valence-electron chi connectivity index (χ4n) is 1.28. The molecule has 0 heterocycles. The molecule has 0 aromatic rings. The number of carbonyl (C=O) groups is 3. The number of unbranched alkanes of at least 4 members (excludes halogenated alkanes) is 2. The molecule has 0 saturated heterocycles. The van der Waals surface area contributed by atoms with Gasteiger partial charge < -0.3 is 14.6 Å². The first-order valence-electron chi connectivity index (χ1n) is 6.89. The number of rotatable bonds is 9. The first-order chi connectivity index (χ1) is 9.47. The Balaban J connectivity index is 0. The summed E-state index contributed by atoms with van der Waals surface area (Å²) in [6.45, 7) is 5.84. The minimum Gasteiger partial charge on any atom is -0.466 e. The first-order valence-corrected chi connectivity index (χ1v) is 6.89. The van der Waals surface area contributed by atoms with Crippen LogP contribution < -0.4 is 0 Å². The summed E-state index contributed by atoms with van der Waals surface area (Å²) in [5.74, 6) is -0.737. The third kappa shape index (κ3) is 18.9. The van der Waals surface area contributed by atoms with E-state index in [2.05, 4.69) is 9.47 Å². The van der Waals surface area contributed by atoms with Gasteiger partial charge in [0.05, 0.1) is 13.2 Å². The molecule has 0 aliphatic heterocycles. The van der Waals surface area contributed by atoms with Gasteiger partial charge in [0.1, 0.15) is 12.2 Å². The Morgan fingerprint density at radius 1 is 0.950 bits per heavy atom. The maximum atomic E-state index is 11.1. The average Bonchev–Trinajstić information content (AvgIpc) is 2.35. The smallest absolute Gasteiger partial charge is 0.313 e. The Hall–Kier alpha value is -1.43. The summed E-state index contributed by atoms with van der Waals surface area (Å²) >= 11 is 0. The van der Waals surface area contributed by atoms with E-state index in [1.165, 1.54) is 6.92 Å². The molecule has 0 aliphatic rings. The van der Waals surface area contributed by atoms with Gasteiger partial charge in [-0.15, -0.1) is 0 Å².